The van der Waals surface area contributed by atoms with Crippen molar-refractivity contribution < 1.29 is 5.11 Å². The highest BCUT2D eigenvalue weighted by Crippen LogP contribution is 2.36. The number of aromatic nitrogens is 3. The van der Waals surface area contributed by atoms with E-state index in [1.807, 2.05) is 42.0 Å². The van der Waals surface area contributed by atoms with Crippen LogP contribution in [0.2, 0.25) is 5.15 Å². The van der Waals surface area contributed by atoms with Crippen molar-refractivity contribution in [2.24, 2.45) is 7.05 Å². The fraction of sp³-hybridized carbons (Fsp3) is 0.200. The van der Waals surface area contributed by atoms with E-state index >= 15 is 0 Å². The SMILES string of the molecule is Cn1c(-c2ccccc2)c(/C=C/C(O)N2CCc3ccccc3C2)c2c(Cl)ncnc21. The maximum atomic E-state index is 10.9. The summed E-state index contributed by atoms with van der Waals surface area (Å²) in [6, 6.07) is 18.5. The zero-order valence-electron chi connectivity index (χ0n) is 17.2. The molecule has 2 aromatic heterocycles. The van der Waals surface area contributed by atoms with Crippen molar-refractivity contribution >= 4 is 28.7 Å². The van der Waals surface area contributed by atoms with Gasteiger partial charge in [0, 0.05) is 25.7 Å². The van der Waals surface area contributed by atoms with E-state index in [-0.39, 0.29) is 0 Å². The smallest absolute Gasteiger partial charge is 0.145 e. The Morgan fingerprint density at radius 3 is 2.58 bits per heavy atom. The van der Waals surface area contributed by atoms with E-state index in [1.54, 1.807) is 0 Å². The average molecular weight is 431 g/mol. The number of hydrogen-bond acceptors (Lipinski definition) is 4. The molecule has 1 N–H and O–H groups in total. The Balaban J connectivity index is 1.54. The standard InChI is InChI=1S/C25H23ClN4O/c1-29-23(18-8-3-2-4-9-18)20(22-24(26)27-16-28-25(22)29)11-12-21(31)30-14-13-17-7-5-6-10-19(17)15-30/h2-12,16,21,31H,13-15H2,1H3/b12-11+. The van der Waals surface area contributed by atoms with Crippen LogP contribution in [0.1, 0.15) is 16.7 Å². The van der Waals surface area contributed by atoms with E-state index in [0.29, 0.717) is 5.15 Å². The topological polar surface area (TPSA) is 54.2 Å². The van der Waals surface area contributed by atoms with Crippen molar-refractivity contribution in [3.05, 3.63) is 88.8 Å². The molecule has 1 unspecified atom stereocenters. The van der Waals surface area contributed by atoms with Gasteiger partial charge in [0.2, 0.25) is 0 Å². The summed E-state index contributed by atoms with van der Waals surface area (Å²) in [7, 11) is 1.98. The van der Waals surface area contributed by atoms with Crippen molar-refractivity contribution in [1.82, 2.24) is 19.4 Å². The summed E-state index contributed by atoms with van der Waals surface area (Å²) in [5, 5.41) is 12.1. The molecule has 0 saturated heterocycles. The summed E-state index contributed by atoms with van der Waals surface area (Å²) in [6.45, 7) is 1.54. The predicted octanol–water partition coefficient (Wildman–Crippen LogP) is 4.68. The number of fused-ring (bicyclic) bond motifs is 2. The molecule has 156 valence electrons. The lowest BCUT2D eigenvalue weighted by Crippen LogP contribution is -2.38. The maximum absolute atomic E-state index is 10.9. The number of rotatable bonds is 4. The van der Waals surface area contributed by atoms with Crippen LogP contribution >= 0.6 is 11.6 Å². The van der Waals surface area contributed by atoms with Crippen LogP contribution in [0, 0.1) is 0 Å². The molecule has 4 aromatic rings. The quantitative estimate of drug-likeness (QED) is 0.478. The van der Waals surface area contributed by atoms with Gasteiger partial charge in [-0.1, -0.05) is 72.3 Å². The first kappa shape index (κ1) is 19.9. The van der Waals surface area contributed by atoms with Crippen LogP contribution in [0.5, 0.6) is 0 Å². The van der Waals surface area contributed by atoms with Gasteiger partial charge in [-0.2, -0.15) is 0 Å². The van der Waals surface area contributed by atoms with Gasteiger partial charge in [-0.25, -0.2) is 9.97 Å². The van der Waals surface area contributed by atoms with E-state index in [1.165, 1.54) is 17.5 Å². The summed E-state index contributed by atoms with van der Waals surface area (Å²) in [5.41, 5.74) is 6.35. The highest BCUT2D eigenvalue weighted by molar-refractivity contribution is 6.34. The molecule has 0 bridgehead atoms. The lowest BCUT2D eigenvalue weighted by atomic mass is 9.99. The van der Waals surface area contributed by atoms with Crippen molar-refractivity contribution in [3.63, 3.8) is 0 Å². The molecule has 6 heteroatoms. The number of halogens is 1. The first-order chi connectivity index (χ1) is 15.1. The highest BCUT2D eigenvalue weighted by atomic mass is 35.5. The molecule has 1 aliphatic rings. The normalized spacial score (nSPS) is 15.5. The molecule has 0 spiro atoms. The van der Waals surface area contributed by atoms with E-state index in [4.69, 9.17) is 11.6 Å². The summed E-state index contributed by atoms with van der Waals surface area (Å²) >= 11 is 6.48. The first-order valence-electron chi connectivity index (χ1n) is 10.3. The lowest BCUT2D eigenvalue weighted by Gasteiger charge is -2.31. The van der Waals surface area contributed by atoms with Gasteiger partial charge in [0.15, 0.2) is 0 Å². The van der Waals surface area contributed by atoms with E-state index in [2.05, 4.69) is 51.3 Å². The van der Waals surface area contributed by atoms with Crippen LogP contribution in [0.3, 0.4) is 0 Å². The minimum Gasteiger partial charge on any atom is -0.375 e. The molecule has 2 aromatic carbocycles. The van der Waals surface area contributed by atoms with Gasteiger partial charge in [-0.15, -0.1) is 0 Å². The first-order valence-corrected chi connectivity index (χ1v) is 10.7. The molecular formula is C25H23ClN4O. The molecule has 0 saturated carbocycles. The van der Waals surface area contributed by atoms with Gasteiger partial charge in [0.05, 0.1) is 11.1 Å². The second kappa shape index (κ2) is 8.27. The predicted molar refractivity (Wildman–Crippen MR) is 125 cm³/mol. The zero-order valence-corrected chi connectivity index (χ0v) is 18.0. The van der Waals surface area contributed by atoms with Gasteiger partial charge in [-0.3, -0.25) is 4.90 Å². The van der Waals surface area contributed by atoms with Gasteiger partial charge in [0.1, 0.15) is 23.4 Å². The fourth-order valence-electron chi connectivity index (χ4n) is 4.40. The van der Waals surface area contributed by atoms with Crippen molar-refractivity contribution in [2.45, 2.75) is 19.2 Å². The Kier molecular flexibility index (Phi) is 5.32. The molecule has 5 rings (SSSR count). The van der Waals surface area contributed by atoms with E-state index in [9.17, 15) is 5.11 Å². The molecule has 5 nitrogen and oxygen atoms in total. The van der Waals surface area contributed by atoms with E-state index < -0.39 is 6.23 Å². The molecule has 0 amide bonds. The maximum Gasteiger partial charge on any atom is 0.145 e. The number of nitrogens with zero attached hydrogens (tertiary/aromatic N) is 4. The monoisotopic (exact) mass is 430 g/mol. The molecule has 1 aliphatic heterocycles. The Labute approximate surface area is 186 Å². The molecule has 0 radical (unpaired) electrons. The Bertz CT molecular complexity index is 1270. The lowest BCUT2D eigenvalue weighted by molar-refractivity contribution is 0.0322. The van der Waals surface area contributed by atoms with Crippen LogP contribution in [-0.2, 0) is 20.0 Å². The summed E-state index contributed by atoms with van der Waals surface area (Å²) in [6.07, 6.45) is 5.50. The van der Waals surface area contributed by atoms with Crippen molar-refractivity contribution in [2.75, 3.05) is 6.54 Å². The molecule has 3 heterocycles. The van der Waals surface area contributed by atoms with Gasteiger partial charge in [-0.05, 0) is 29.2 Å². The number of hydrogen-bond donors (Lipinski definition) is 1. The third kappa shape index (κ3) is 3.65. The molecular weight excluding hydrogens is 408 g/mol. The van der Waals surface area contributed by atoms with E-state index in [0.717, 1.165) is 47.4 Å². The van der Waals surface area contributed by atoms with Gasteiger partial charge >= 0.3 is 0 Å². The second-order valence-electron chi connectivity index (χ2n) is 7.81. The Morgan fingerprint density at radius 2 is 1.77 bits per heavy atom. The van der Waals surface area contributed by atoms with Crippen LogP contribution in [0.4, 0.5) is 0 Å². The summed E-state index contributed by atoms with van der Waals surface area (Å²) in [5.74, 6) is 0. The van der Waals surface area contributed by atoms with Crippen LogP contribution in [-0.4, -0.2) is 37.3 Å². The second-order valence-corrected chi connectivity index (χ2v) is 8.17. The average Bonchev–Trinajstić information content (AvgIpc) is 3.10. The van der Waals surface area contributed by atoms with Gasteiger partial charge in [0.25, 0.3) is 0 Å². The zero-order chi connectivity index (χ0) is 21.4. The van der Waals surface area contributed by atoms with Crippen molar-refractivity contribution in [1.29, 1.82) is 0 Å². The van der Waals surface area contributed by atoms with Crippen molar-refractivity contribution in [3.8, 4) is 11.3 Å². The van der Waals surface area contributed by atoms with Crippen LogP contribution in [0.25, 0.3) is 28.4 Å². The number of aliphatic hydroxyl groups is 1. The number of aryl methyl sites for hydroxylation is 1. The van der Waals surface area contributed by atoms with Crippen LogP contribution in [0.15, 0.2) is 67.0 Å². The minimum atomic E-state index is -0.698. The number of aliphatic hydroxyl groups excluding tert-OH is 1. The summed E-state index contributed by atoms with van der Waals surface area (Å²) < 4.78 is 2.03. The third-order valence-corrected chi connectivity index (χ3v) is 6.26. The molecule has 31 heavy (non-hydrogen) atoms. The number of benzene rings is 2. The Hall–Kier alpha value is -2.99. The van der Waals surface area contributed by atoms with Crippen LogP contribution < -0.4 is 0 Å². The molecule has 0 aliphatic carbocycles. The Morgan fingerprint density at radius 1 is 1.03 bits per heavy atom. The largest absolute Gasteiger partial charge is 0.375 e. The minimum absolute atomic E-state index is 0.406. The molecule has 1 atom stereocenters. The van der Waals surface area contributed by atoms with Gasteiger partial charge < -0.3 is 9.67 Å². The fourth-order valence-corrected chi connectivity index (χ4v) is 4.63. The molecule has 0 fully saturated rings. The summed E-state index contributed by atoms with van der Waals surface area (Å²) in [4.78, 5) is 10.7. The highest BCUT2D eigenvalue weighted by Gasteiger charge is 2.22. The third-order valence-electron chi connectivity index (χ3n) is 5.98.